The molecule has 2 aromatic rings. The summed E-state index contributed by atoms with van der Waals surface area (Å²) in [4.78, 5) is 18.0. The van der Waals surface area contributed by atoms with Gasteiger partial charge in [-0.1, -0.05) is 18.2 Å². The van der Waals surface area contributed by atoms with E-state index >= 15 is 0 Å². The highest BCUT2D eigenvalue weighted by Crippen LogP contribution is 2.22. The average molecular weight is 401 g/mol. The van der Waals surface area contributed by atoms with Crippen LogP contribution in [0.15, 0.2) is 36.5 Å². The minimum absolute atomic E-state index is 0.112. The molecule has 1 aromatic heterocycles. The molecule has 6 nitrogen and oxygen atoms in total. The summed E-state index contributed by atoms with van der Waals surface area (Å²) in [5.41, 5.74) is 2.59. The maximum atomic E-state index is 13.5. The van der Waals surface area contributed by atoms with Crippen molar-refractivity contribution in [3.8, 4) is 5.69 Å². The summed E-state index contributed by atoms with van der Waals surface area (Å²) >= 11 is 1.96. The first-order valence-corrected chi connectivity index (χ1v) is 11.2. The van der Waals surface area contributed by atoms with Crippen LogP contribution >= 0.6 is 11.8 Å². The van der Waals surface area contributed by atoms with Crippen LogP contribution in [0.2, 0.25) is 0 Å². The number of thioether (sulfide) groups is 1. The topological polar surface area (TPSA) is 50.6 Å². The Bertz CT molecular complexity index is 789. The third-order valence-corrected chi connectivity index (χ3v) is 6.71. The monoisotopic (exact) mass is 400 g/mol. The van der Waals surface area contributed by atoms with Gasteiger partial charge < -0.3 is 9.64 Å². The van der Waals surface area contributed by atoms with Gasteiger partial charge >= 0.3 is 0 Å². The molecule has 3 heterocycles. The van der Waals surface area contributed by atoms with Crippen molar-refractivity contribution in [2.45, 2.75) is 19.4 Å². The Morgan fingerprint density at radius 1 is 1.21 bits per heavy atom. The largest absolute Gasteiger partial charge is 0.379 e. The van der Waals surface area contributed by atoms with Crippen molar-refractivity contribution >= 4 is 17.7 Å². The SMILES string of the molecule is Cc1c(C(=O)N2CCCSCC2CN2CCOCC2)cnn1-c1ccccc1. The van der Waals surface area contributed by atoms with Crippen LogP contribution in [0.3, 0.4) is 0 Å². The lowest BCUT2D eigenvalue weighted by molar-refractivity contribution is 0.0245. The molecule has 1 aromatic carbocycles. The van der Waals surface area contributed by atoms with Gasteiger partial charge in [0.15, 0.2) is 0 Å². The Morgan fingerprint density at radius 2 is 2.00 bits per heavy atom. The average Bonchev–Trinajstić information content (AvgIpc) is 2.97. The summed E-state index contributed by atoms with van der Waals surface area (Å²) in [6, 6.07) is 10.2. The smallest absolute Gasteiger partial charge is 0.257 e. The number of aromatic nitrogens is 2. The third kappa shape index (κ3) is 4.26. The summed E-state index contributed by atoms with van der Waals surface area (Å²) in [5.74, 6) is 2.22. The Hall–Kier alpha value is -1.83. The van der Waals surface area contributed by atoms with E-state index in [1.165, 1.54) is 0 Å². The minimum Gasteiger partial charge on any atom is -0.379 e. The molecular weight excluding hydrogens is 372 g/mol. The number of carbonyl (C=O) groups excluding carboxylic acids is 1. The predicted octanol–water partition coefficient (Wildman–Crippen LogP) is 2.46. The maximum Gasteiger partial charge on any atom is 0.257 e. The van der Waals surface area contributed by atoms with Crippen molar-refractivity contribution in [2.24, 2.45) is 0 Å². The van der Waals surface area contributed by atoms with Crippen LogP contribution in [-0.4, -0.2) is 82.4 Å². The molecule has 7 heteroatoms. The van der Waals surface area contributed by atoms with E-state index in [9.17, 15) is 4.79 Å². The molecule has 4 rings (SSSR count). The van der Waals surface area contributed by atoms with E-state index in [2.05, 4.69) is 14.9 Å². The molecule has 150 valence electrons. The van der Waals surface area contributed by atoms with Crippen LogP contribution in [0.5, 0.6) is 0 Å². The Balaban J connectivity index is 1.55. The van der Waals surface area contributed by atoms with Crippen LogP contribution in [-0.2, 0) is 4.74 Å². The summed E-state index contributed by atoms with van der Waals surface area (Å²) in [6.45, 7) is 7.21. The van der Waals surface area contributed by atoms with Gasteiger partial charge in [-0.3, -0.25) is 9.69 Å². The number of rotatable bonds is 4. The number of ether oxygens (including phenoxy) is 1. The van der Waals surface area contributed by atoms with Crippen molar-refractivity contribution in [1.29, 1.82) is 0 Å². The van der Waals surface area contributed by atoms with E-state index in [1.807, 2.05) is 53.7 Å². The van der Waals surface area contributed by atoms with Crippen LogP contribution in [0.1, 0.15) is 22.5 Å². The number of hydrogen-bond acceptors (Lipinski definition) is 5. The lowest BCUT2D eigenvalue weighted by Gasteiger charge is -2.35. The molecule has 0 spiro atoms. The van der Waals surface area contributed by atoms with Crippen LogP contribution in [0, 0.1) is 6.92 Å². The first-order chi connectivity index (χ1) is 13.7. The molecule has 0 saturated carbocycles. The van der Waals surface area contributed by atoms with Crippen LogP contribution in [0.4, 0.5) is 0 Å². The second kappa shape index (κ2) is 9.11. The Morgan fingerprint density at radius 3 is 2.79 bits per heavy atom. The molecule has 2 saturated heterocycles. The molecule has 0 bridgehead atoms. The molecule has 0 N–H and O–H groups in total. The molecule has 2 fully saturated rings. The lowest BCUT2D eigenvalue weighted by Crippen LogP contribution is -2.50. The van der Waals surface area contributed by atoms with E-state index in [1.54, 1.807) is 6.20 Å². The fourth-order valence-electron chi connectivity index (χ4n) is 3.93. The number of carbonyl (C=O) groups is 1. The molecule has 0 aliphatic carbocycles. The van der Waals surface area contributed by atoms with E-state index in [0.29, 0.717) is 5.56 Å². The molecule has 1 amide bonds. The number of morpholine rings is 1. The zero-order valence-electron chi connectivity index (χ0n) is 16.4. The van der Waals surface area contributed by atoms with Crippen molar-refractivity contribution in [3.63, 3.8) is 0 Å². The van der Waals surface area contributed by atoms with Gasteiger partial charge in [-0.25, -0.2) is 4.68 Å². The van der Waals surface area contributed by atoms with Gasteiger partial charge in [-0.15, -0.1) is 0 Å². The second-order valence-corrected chi connectivity index (χ2v) is 8.53. The third-order valence-electron chi connectivity index (χ3n) is 5.51. The van der Waals surface area contributed by atoms with E-state index in [4.69, 9.17) is 4.74 Å². The zero-order chi connectivity index (χ0) is 19.3. The van der Waals surface area contributed by atoms with Crippen molar-refractivity contribution in [3.05, 3.63) is 47.8 Å². The fraction of sp³-hybridized carbons (Fsp3) is 0.524. The van der Waals surface area contributed by atoms with E-state index in [-0.39, 0.29) is 11.9 Å². The molecule has 1 unspecified atom stereocenters. The van der Waals surface area contributed by atoms with Gasteiger partial charge in [-0.2, -0.15) is 16.9 Å². The van der Waals surface area contributed by atoms with Gasteiger partial charge in [0.25, 0.3) is 5.91 Å². The van der Waals surface area contributed by atoms with Gasteiger partial charge in [0.05, 0.1) is 42.4 Å². The normalized spacial score (nSPS) is 21.5. The van der Waals surface area contributed by atoms with E-state index in [0.717, 1.165) is 68.7 Å². The lowest BCUT2D eigenvalue weighted by atomic mass is 10.1. The summed E-state index contributed by atoms with van der Waals surface area (Å²) < 4.78 is 7.34. The zero-order valence-corrected chi connectivity index (χ0v) is 17.2. The summed E-state index contributed by atoms with van der Waals surface area (Å²) in [5, 5.41) is 4.50. The van der Waals surface area contributed by atoms with Gasteiger partial charge in [0.1, 0.15) is 0 Å². The second-order valence-electron chi connectivity index (χ2n) is 7.38. The molecule has 0 radical (unpaired) electrons. The highest BCUT2D eigenvalue weighted by atomic mass is 32.2. The number of para-hydroxylation sites is 1. The van der Waals surface area contributed by atoms with Crippen molar-refractivity contribution < 1.29 is 9.53 Å². The van der Waals surface area contributed by atoms with Crippen LogP contribution < -0.4 is 0 Å². The van der Waals surface area contributed by atoms with Crippen molar-refractivity contribution in [1.82, 2.24) is 19.6 Å². The Kier molecular flexibility index (Phi) is 6.34. The quantitative estimate of drug-likeness (QED) is 0.789. The van der Waals surface area contributed by atoms with Gasteiger partial charge in [0, 0.05) is 31.9 Å². The molecule has 28 heavy (non-hydrogen) atoms. The highest BCUT2D eigenvalue weighted by molar-refractivity contribution is 7.99. The standard InChI is InChI=1S/C21H28N4O2S/c1-17-20(14-22-25(17)18-6-3-2-4-7-18)21(26)24-8-5-13-28-16-19(24)15-23-9-11-27-12-10-23/h2-4,6-7,14,19H,5,8-13,15-16H2,1H3. The fourth-order valence-corrected chi connectivity index (χ4v) is 4.99. The first-order valence-electron chi connectivity index (χ1n) is 10.0. The summed E-state index contributed by atoms with van der Waals surface area (Å²) in [6.07, 6.45) is 2.77. The first kappa shape index (κ1) is 19.5. The van der Waals surface area contributed by atoms with Crippen molar-refractivity contribution in [2.75, 3.05) is 50.9 Å². The predicted molar refractivity (Wildman–Crippen MR) is 112 cm³/mol. The molecule has 1 atom stereocenters. The number of nitrogens with zero attached hydrogens (tertiary/aromatic N) is 4. The Labute approximate surface area is 170 Å². The number of amides is 1. The highest BCUT2D eigenvalue weighted by Gasteiger charge is 2.30. The molecule has 2 aliphatic heterocycles. The molecule has 2 aliphatic rings. The molecular formula is C21H28N4O2S. The number of hydrogen-bond donors (Lipinski definition) is 0. The minimum atomic E-state index is 0.112. The maximum absolute atomic E-state index is 13.5. The summed E-state index contributed by atoms with van der Waals surface area (Å²) in [7, 11) is 0. The van der Waals surface area contributed by atoms with E-state index < -0.39 is 0 Å². The van der Waals surface area contributed by atoms with Gasteiger partial charge in [0.2, 0.25) is 0 Å². The van der Waals surface area contributed by atoms with Crippen LogP contribution in [0.25, 0.3) is 5.69 Å². The van der Waals surface area contributed by atoms with Gasteiger partial charge in [-0.05, 0) is 31.2 Å². The number of benzene rings is 1.